The fourth-order valence-corrected chi connectivity index (χ4v) is 1.33. The highest BCUT2D eigenvalue weighted by Crippen LogP contribution is 2.32. The molecule has 1 heterocycles. The molecule has 0 aliphatic heterocycles. The van der Waals surface area contributed by atoms with E-state index in [9.17, 15) is 13.2 Å². The van der Waals surface area contributed by atoms with Gasteiger partial charge in [-0.25, -0.2) is 0 Å². The number of aromatic nitrogens is 4. The summed E-state index contributed by atoms with van der Waals surface area (Å²) in [4.78, 5) is 0. The number of nitrogens with two attached hydrogens (primary N) is 1. The maximum absolute atomic E-state index is 12.4. The molecule has 0 bridgehead atoms. The van der Waals surface area contributed by atoms with Crippen LogP contribution >= 0.6 is 0 Å². The molecular formula is C9H9F3N6. The lowest BCUT2D eigenvalue weighted by Gasteiger charge is -2.11. The summed E-state index contributed by atoms with van der Waals surface area (Å²) >= 11 is 0. The molecule has 0 aliphatic carbocycles. The van der Waals surface area contributed by atoms with Crippen molar-refractivity contribution in [3.8, 4) is 0 Å². The third-order valence-corrected chi connectivity index (χ3v) is 2.21. The molecule has 18 heavy (non-hydrogen) atoms. The average Bonchev–Trinajstić information content (AvgIpc) is 2.79. The Hall–Kier alpha value is -2.32. The van der Waals surface area contributed by atoms with Gasteiger partial charge in [0.05, 0.1) is 23.5 Å². The lowest BCUT2D eigenvalue weighted by molar-refractivity contribution is -0.137. The Labute approximate surface area is 99.4 Å². The lowest BCUT2D eigenvalue weighted by Crippen LogP contribution is -2.08. The monoisotopic (exact) mass is 258 g/mol. The minimum absolute atomic E-state index is 0.00770. The van der Waals surface area contributed by atoms with E-state index in [1.807, 2.05) is 0 Å². The first-order valence-electron chi connectivity index (χ1n) is 4.90. The second-order valence-corrected chi connectivity index (χ2v) is 3.48. The number of nitrogens with zero attached hydrogens (tertiary/aromatic N) is 3. The summed E-state index contributed by atoms with van der Waals surface area (Å²) in [7, 11) is 0. The van der Waals surface area contributed by atoms with Crippen LogP contribution in [0.5, 0.6) is 0 Å². The molecule has 0 saturated heterocycles. The van der Waals surface area contributed by atoms with Crippen molar-refractivity contribution < 1.29 is 13.2 Å². The number of hydrogen-bond acceptors (Lipinski definition) is 5. The fourth-order valence-electron chi connectivity index (χ4n) is 1.33. The number of anilines is 2. The van der Waals surface area contributed by atoms with E-state index in [0.29, 0.717) is 11.5 Å². The van der Waals surface area contributed by atoms with Gasteiger partial charge in [-0.3, -0.25) is 0 Å². The molecule has 6 nitrogen and oxygen atoms in total. The van der Waals surface area contributed by atoms with Crippen LogP contribution in [-0.4, -0.2) is 20.6 Å². The van der Waals surface area contributed by atoms with Gasteiger partial charge in [-0.2, -0.15) is 18.4 Å². The smallest absolute Gasteiger partial charge is 0.397 e. The first-order valence-corrected chi connectivity index (χ1v) is 4.90. The Morgan fingerprint density at radius 2 is 2.11 bits per heavy atom. The molecule has 0 amide bonds. The number of alkyl halides is 3. The highest BCUT2D eigenvalue weighted by Gasteiger charge is 2.30. The zero-order valence-electron chi connectivity index (χ0n) is 8.99. The Kier molecular flexibility index (Phi) is 3.04. The second kappa shape index (κ2) is 4.51. The molecule has 0 atom stereocenters. The molecule has 0 fully saturated rings. The van der Waals surface area contributed by atoms with Gasteiger partial charge in [0, 0.05) is 0 Å². The van der Waals surface area contributed by atoms with Crippen molar-refractivity contribution in [3.63, 3.8) is 0 Å². The number of nitrogen functional groups attached to an aromatic ring is 1. The Morgan fingerprint density at radius 1 is 1.33 bits per heavy atom. The molecular weight excluding hydrogens is 249 g/mol. The van der Waals surface area contributed by atoms with Crippen LogP contribution < -0.4 is 11.1 Å². The number of hydrogen-bond donors (Lipinski definition) is 3. The van der Waals surface area contributed by atoms with Crippen molar-refractivity contribution >= 4 is 11.4 Å². The number of nitrogens with one attached hydrogen (secondary N) is 2. The quantitative estimate of drug-likeness (QED) is 0.724. The molecule has 0 aliphatic rings. The van der Waals surface area contributed by atoms with E-state index in [1.165, 1.54) is 6.07 Å². The molecule has 1 aromatic heterocycles. The average molecular weight is 258 g/mol. The molecule has 0 spiro atoms. The molecule has 0 unspecified atom stereocenters. The molecule has 0 saturated carbocycles. The SMILES string of the molecule is Nc1cc(C(F)(F)F)ccc1NCc1nn[nH]n1. The molecule has 1 aromatic carbocycles. The van der Waals surface area contributed by atoms with Crippen molar-refractivity contribution in [3.05, 3.63) is 29.6 Å². The van der Waals surface area contributed by atoms with Crippen LogP contribution in [0.25, 0.3) is 0 Å². The van der Waals surface area contributed by atoms with Gasteiger partial charge in [0.25, 0.3) is 0 Å². The summed E-state index contributed by atoms with van der Waals surface area (Å²) in [5, 5.41) is 15.8. The van der Waals surface area contributed by atoms with Crippen molar-refractivity contribution in [2.75, 3.05) is 11.1 Å². The minimum atomic E-state index is -4.40. The van der Waals surface area contributed by atoms with Crippen LogP contribution in [0.2, 0.25) is 0 Å². The maximum Gasteiger partial charge on any atom is 0.416 e. The summed E-state index contributed by atoms with van der Waals surface area (Å²) < 4.78 is 37.2. The van der Waals surface area contributed by atoms with E-state index >= 15 is 0 Å². The largest absolute Gasteiger partial charge is 0.416 e. The zero-order chi connectivity index (χ0) is 13.2. The maximum atomic E-state index is 12.4. The topological polar surface area (TPSA) is 92.5 Å². The fraction of sp³-hybridized carbons (Fsp3) is 0.222. The van der Waals surface area contributed by atoms with E-state index in [1.54, 1.807) is 0 Å². The number of aromatic amines is 1. The number of halogens is 3. The summed E-state index contributed by atoms with van der Waals surface area (Å²) in [6, 6.07) is 3.09. The Morgan fingerprint density at radius 3 is 2.67 bits per heavy atom. The summed E-state index contributed by atoms with van der Waals surface area (Å²) in [6.07, 6.45) is -4.40. The van der Waals surface area contributed by atoms with Gasteiger partial charge >= 0.3 is 6.18 Å². The summed E-state index contributed by atoms with van der Waals surface area (Å²) in [6.45, 7) is 0.214. The van der Waals surface area contributed by atoms with E-state index in [-0.39, 0.29) is 12.2 Å². The van der Waals surface area contributed by atoms with E-state index in [4.69, 9.17) is 5.73 Å². The van der Waals surface area contributed by atoms with E-state index < -0.39 is 11.7 Å². The van der Waals surface area contributed by atoms with Crippen LogP contribution in [0, 0.1) is 0 Å². The highest BCUT2D eigenvalue weighted by atomic mass is 19.4. The van der Waals surface area contributed by atoms with Crippen LogP contribution in [0.3, 0.4) is 0 Å². The number of H-pyrrole nitrogens is 1. The van der Waals surface area contributed by atoms with Gasteiger partial charge in [-0.05, 0) is 18.2 Å². The molecule has 2 aromatic rings. The molecule has 0 radical (unpaired) electrons. The third kappa shape index (κ3) is 2.67. The number of tetrazole rings is 1. The van der Waals surface area contributed by atoms with Gasteiger partial charge in [-0.15, -0.1) is 10.2 Å². The van der Waals surface area contributed by atoms with Crippen LogP contribution in [0.1, 0.15) is 11.4 Å². The standard InChI is InChI=1S/C9H9F3N6/c10-9(11,12)5-1-2-7(6(13)3-5)14-4-8-15-17-18-16-8/h1-3,14H,4,13H2,(H,15,16,17,18). The van der Waals surface area contributed by atoms with Crippen molar-refractivity contribution in [1.82, 2.24) is 20.6 Å². The van der Waals surface area contributed by atoms with Crippen molar-refractivity contribution in [1.29, 1.82) is 0 Å². The number of benzene rings is 1. The van der Waals surface area contributed by atoms with Crippen LogP contribution in [0.15, 0.2) is 18.2 Å². The van der Waals surface area contributed by atoms with E-state index in [2.05, 4.69) is 25.9 Å². The normalized spacial score (nSPS) is 11.5. The first-order chi connectivity index (χ1) is 8.47. The molecule has 2 rings (SSSR count). The Balaban J connectivity index is 2.10. The van der Waals surface area contributed by atoms with Gasteiger partial charge in [0.2, 0.25) is 0 Å². The first kappa shape index (κ1) is 12.1. The minimum Gasteiger partial charge on any atom is -0.397 e. The predicted molar refractivity (Wildman–Crippen MR) is 57.4 cm³/mol. The van der Waals surface area contributed by atoms with Crippen molar-refractivity contribution in [2.45, 2.75) is 12.7 Å². The molecule has 96 valence electrons. The van der Waals surface area contributed by atoms with E-state index in [0.717, 1.165) is 12.1 Å². The lowest BCUT2D eigenvalue weighted by atomic mass is 10.1. The van der Waals surface area contributed by atoms with Crippen molar-refractivity contribution in [2.24, 2.45) is 0 Å². The van der Waals surface area contributed by atoms with Crippen LogP contribution in [0.4, 0.5) is 24.5 Å². The summed E-state index contributed by atoms with van der Waals surface area (Å²) in [5.41, 5.74) is 5.13. The van der Waals surface area contributed by atoms with Gasteiger partial charge < -0.3 is 11.1 Å². The second-order valence-electron chi connectivity index (χ2n) is 3.48. The highest BCUT2D eigenvalue weighted by molar-refractivity contribution is 5.67. The number of rotatable bonds is 3. The summed E-state index contributed by atoms with van der Waals surface area (Å²) in [5.74, 6) is 0.384. The zero-order valence-corrected chi connectivity index (χ0v) is 8.99. The predicted octanol–water partition coefficient (Wildman–Crippen LogP) is 1.41. The van der Waals surface area contributed by atoms with Gasteiger partial charge in [-0.1, -0.05) is 5.21 Å². The van der Waals surface area contributed by atoms with Crippen LogP contribution in [-0.2, 0) is 12.7 Å². The van der Waals surface area contributed by atoms with Gasteiger partial charge in [0.15, 0.2) is 5.82 Å². The third-order valence-electron chi connectivity index (χ3n) is 2.21. The molecule has 4 N–H and O–H groups in total. The Bertz CT molecular complexity index is 522. The molecule has 9 heteroatoms. The van der Waals surface area contributed by atoms with Gasteiger partial charge in [0.1, 0.15) is 0 Å².